The van der Waals surface area contributed by atoms with E-state index in [4.69, 9.17) is 10.5 Å². The van der Waals surface area contributed by atoms with Gasteiger partial charge in [0.1, 0.15) is 0 Å². The zero-order chi connectivity index (χ0) is 14.5. The highest BCUT2D eigenvalue weighted by Gasteiger charge is 2.08. The number of hydrogen-bond donors (Lipinski definition) is 1. The van der Waals surface area contributed by atoms with Crippen LogP contribution in [0, 0.1) is 5.82 Å². The third-order valence-electron chi connectivity index (χ3n) is 3.06. The summed E-state index contributed by atoms with van der Waals surface area (Å²) in [6.07, 6.45) is 0. The highest BCUT2D eigenvalue weighted by molar-refractivity contribution is 7.98. The fourth-order valence-corrected chi connectivity index (χ4v) is 2.73. The monoisotopic (exact) mass is 291 g/mol. The first-order valence-electron chi connectivity index (χ1n) is 6.41. The Balaban J connectivity index is 2.05. The molecule has 0 spiro atoms. The quantitative estimate of drug-likeness (QED) is 0.841. The molecule has 20 heavy (non-hydrogen) atoms. The predicted octanol–water partition coefficient (Wildman–Crippen LogP) is 4.15. The number of methoxy groups -OCH3 is 1. The molecule has 0 heterocycles. The van der Waals surface area contributed by atoms with Crippen molar-refractivity contribution in [3.8, 4) is 5.75 Å². The van der Waals surface area contributed by atoms with E-state index in [1.165, 1.54) is 7.11 Å². The molecule has 2 aromatic carbocycles. The molecule has 2 N–H and O–H groups in total. The minimum Gasteiger partial charge on any atom is -0.494 e. The van der Waals surface area contributed by atoms with Gasteiger partial charge in [-0.3, -0.25) is 0 Å². The maximum absolute atomic E-state index is 14.0. The van der Waals surface area contributed by atoms with Crippen molar-refractivity contribution in [1.82, 2.24) is 0 Å². The molecular weight excluding hydrogens is 273 g/mol. The average molecular weight is 291 g/mol. The Bertz CT molecular complexity index is 569. The molecule has 0 fully saturated rings. The molecule has 0 aromatic heterocycles. The molecule has 1 unspecified atom stereocenters. The van der Waals surface area contributed by atoms with Gasteiger partial charge in [0.05, 0.1) is 7.11 Å². The Morgan fingerprint density at radius 1 is 1.20 bits per heavy atom. The molecule has 0 aliphatic carbocycles. The van der Waals surface area contributed by atoms with Gasteiger partial charge in [0.15, 0.2) is 11.6 Å². The van der Waals surface area contributed by atoms with E-state index in [1.807, 2.05) is 31.2 Å². The molecule has 0 saturated carbocycles. The fraction of sp³-hybridized carbons (Fsp3) is 0.250. The summed E-state index contributed by atoms with van der Waals surface area (Å²) in [7, 11) is 1.47. The van der Waals surface area contributed by atoms with Crippen LogP contribution in [0.1, 0.15) is 24.1 Å². The van der Waals surface area contributed by atoms with E-state index in [-0.39, 0.29) is 17.6 Å². The number of rotatable bonds is 5. The molecule has 2 nitrogen and oxygen atoms in total. The van der Waals surface area contributed by atoms with Gasteiger partial charge < -0.3 is 10.5 Å². The minimum absolute atomic E-state index is 0.0323. The van der Waals surface area contributed by atoms with Crippen molar-refractivity contribution >= 4 is 11.8 Å². The van der Waals surface area contributed by atoms with Crippen LogP contribution >= 0.6 is 11.8 Å². The van der Waals surface area contributed by atoms with E-state index < -0.39 is 0 Å². The lowest BCUT2D eigenvalue weighted by Crippen LogP contribution is -2.04. The van der Waals surface area contributed by atoms with E-state index in [1.54, 1.807) is 30.0 Å². The van der Waals surface area contributed by atoms with Crippen molar-refractivity contribution in [1.29, 1.82) is 0 Å². The van der Waals surface area contributed by atoms with Crippen LogP contribution in [0.3, 0.4) is 0 Å². The topological polar surface area (TPSA) is 35.2 Å². The van der Waals surface area contributed by atoms with Gasteiger partial charge in [0.2, 0.25) is 0 Å². The molecular formula is C16H18FNOS. The average Bonchev–Trinajstić information content (AvgIpc) is 2.46. The van der Waals surface area contributed by atoms with Crippen molar-refractivity contribution in [2.45, 2.75) is 23.6 Å². The number of halogens is 1. The van der Waals surface area contributed by atoms with E-state index >= 15 is 0 Å². The molecule has 0 saturated heterocycles. The second-order valence-electron chi connectivity index (χ2n) is 4.58. The summed E-state index contributed by atoms with van der Waals surface area (Å²) in [6, 6.07) is 13.3. The van der Waals surface area contributed by atoms with Gasteiger partial charge in [-0.25, -0.2) is 4.39 Å². The first-order chi connectivity index (χ1) is 9.61. The summed E-state index contributed by atoms with van der Waals surface area (Å²) in [6.45, 7) is 1.95. The zero-order valence-corrected chi connectivity index (χ0v) is 12.4. The molecule has 4 heteroatoms. The number of thioether (sulfide) groups is 1. The maximum Gasteiger partial charge on any atom is 0.169 e. The minimum atomic E-state index is -0.283. The zero-order valence-electron chi connectivity index (χ0n) is 11.6. The van der Waals surface area contributed by atoms with Crippen LogP contribution < -0.4 is 10.5 Å². The van der Waals surface area contributed by atoms with Crippen molar-refractivity contribution in [2.75, 3.05) is 7.11 Å². The van der Waals surface area contributed by atoms with Crippen LogP contribution in [-0.4, -0.2) is 7.11 Å². The first-order valence-corrected chi connectivity index (χ1v) is 7.40. The largest absolute Gasteiger partial charge is 0.494 e. The molecule has 2 aromatic rings. The second kappa shape index (κ2) is 6.77. The maximum atomic E-state index is 14.0. The summed E-state index contributed by atoms with van der Waals surface area (Å²) in [5.41, 5.74) is 7.55. The van der Waals surface area contributed by atoms with Crippen LogP contribution in [0.4, 0.5) is 4.39 Å². The second-order valence-corrected chi connectivity index (χ2v) is 5.63. The lowest BCUT2D eigenvalue weighted by Gasteiger charge is -2.09. The van der Waals surface area contributed by atoms with E-state index in [0.717, 1.165) is 10.5 Å². The van der Waals surface area contributed by atoms with Crippen molar-refractivity contribution in [3.63, 3.8) is 0 Å². The number of benzene rings is 2. The Labute approximate surface area is 123 Å². The van der Waals surface area contributed by atoms with Gasteiger partial charge in [-0.05, 0) is 30.7 Å². The normalized spacial score (nSPS) is 12.2. The summed E-state index contributed by atoms with van der Waals surface area (Å²) in [4.78, 5) is 1.09. The highest BCUT2D eigenvalue weighted by Crippen LogP contribution is 2.28. The van der Waals surface area contributed by atoms with Crippen LogP contribution in [-0.2, 0) is 5.75 Å². The fourth-order valence-electron chi connectivity index (χ4n) is 1.85. The Morgan fingerprint density at radius 3 is 2.50 bits per heavy atom. The molecule has 1 atom stereocenters. The lowest BCUT2D eigenvalue weighted by molar-refractivity contribution is 0.385. The first kappa shape index (κ1) is 14.9. The SMILES string of the molecule is COc1cccc(CSc2ccc(C(C)N)cc2)c1F. The van der Waals surface area contributed by atoms with Gasteiger partial charge >= 0.3 is 0 Å². The number of nitrogens with two attached hydrogens (primary N) is 1. The third-order valence-corrected chi connectivity index (χ3v) is 4.12. The standard InChI is InChI=1S/C16H18FNOS/c1-11(18)12-6-8-14(9-7-12)20-10-13-4-3-5-15(19-2)16(13)17/h3-9,11H,10,18H2,1-2H3. The van der Waals surface area contributed by atoms with E-state index in [0.29, 0.717) is 11.3 Å². The Hall–Kier alpha value is -1.52. The molecule has 0 bridgehead atoms. The van der Waals surface area contributed by atoms with Crippen LogP contribution in [0.25, 0.3) is 0 Å². The van der Waals surface area contributed by atoms with Crippen molar-refractivity contribution in [2.24, 2.45) is 5.73 Å². The number of ether oxygens (including phenoxy) is 1. The van der Waals surface area contributed by atoms with Gasteiger partial charge in [0, 0.05) is 22.3 Å². The highest BCUT2D eigenvalue weighted by atomic mass is 32.2. The predicted molar refractivity (Wildman–Crippen MR) is 81.6 cm³/mol. The summed E-state index contributed by atoms with van der Waals surface area (Å²) in [5, 5.41) is 0. The molecule has 0 radical (unpaired) electrons. The molecule has 0 aliphatic rings. The summed E-state index contributed by atoms with van der Waals surface area (Å²) < 4.78 is 19.0. The molecule has 0 aliphatic heterocycles. The smallest absolute Gasteiger partial charge is 0.169 e. The van der Waals surface area contributed by atoms with Gasteiger partial charge in [-0.1, -0.05) is 24.3 Å². The number of hydrogen-bond acceptors (Lipinski definition) is 3. The third kappa shape index (κ3) is 3.52. The van der Waals surface area contributed by atoms with Gasteiger partial charge in [-0.15, -0.1) is 11.8 Å². The van der Waals surface area contributed by atoms with Gasteiger partial charge in [-0.2, -0.15) is 0 Å². The van der Waals surface area contributed by atoms with Crippen molar-refractivity contribution < 1.29 is 9.13 Å². The molecule has 2 rings (SSSR count). The van der Waals surface area contributed by atoms with E-state index in [2.05, 4.69) is 0 Å². The van der Waals surface area contributed by atoms with Gasteiger partial charge in [0.25, 0.3) is 0 Å². The lowest BCUT2D eigenvalue weighted by atomic mass is 10.1. The van der Waals surface area contributed by atoms with Crippen LogP contribution in [0.5, 0.6) is 5.75 Å². The Kier molecular flexibility index (Phi) is 5.04. The molecule has 106 valence electrons. The Morgan fingerprint density at radius 2 is 1.90 bits per heavy atom. The molecule has 0 amide bonds. The summed E-state index contributed by atoms with van der Waals surface area (Å²) in [5.74, 6) is 0.575. The van der Waals surface area contributed by atoms with Crippen LogP contribution in [0.2, 0.25) is 0 Å². The summed E-state index contributed by atoms with van der Waals surface area (Å²) >= 11 is 1.59. The van der Waals surface area contributed by atoms with E-state index in [9.17, 15) is 4.39 Å². The van der Waals surface area contributed by atoms with Crippen molar-refractivity contribution in [3.05, 3.63) is 59.4 Å². The van der Waals surface area contributed by atoms with Crippen LogP contribution in [0.15, 0.2) is 47.4 Å².